The topological polar surface area (TPSA) is 38.2 Å². The maximum absolute atomic E-state index is 6.31. The van der Waals surface area contributed by atoms with Crippen LogP contribution in [0.25, 0.3) is 0 Å². The van der Waals surface area contributed by atoms with Crippen molar-refractivity contribution >= 4 is 29.2 Å². The van der Waals surface area contributed by atoms with Crippen LogP contribution in [-0.2, 0) is 11.2 Å². The first-order valence-corrected chi connectivity index (χ1v) is 7.58. The highest BCUT2D eigenvalue weighted by molar-refractivity contribution is 6.34. The van der Waals surface area contributed by atoms with Crippen molar-refractivity contribution in [2.24, 2.45) is 0 Å². The summed E-state index contributed by atoms with van der Waals surface area (Å²) in [4.78, 5) is 10.8. The van der Waals surface area contributed by atoms with E-state index >= 15 is 0 Å². The third kappa shape index (κ3) is 3.46. The van der Waals surface area contributed by atoms with Crippen molar-refractivity contribution < 1.29 is 4.74 Å². The smallest absolute Gasteiger partial charge is 0.228 e. The van der Waals surface area contributed by atoms with E-state index in [1.165, 1.54) is 0 Å². The standard InChI is InChI=1S/C15H15Cl2N3O/c16-13-12(10-11-4-2-1-3-5-11)14(17)19-15(18-13)20-6-8-21-9-7-20/h1-5H,6-10H2. The Morgan fingerprint density at radius 1 is 1.00 bits per heavy atom. The van der Waals surface area contributed by atoms with E-state index in [1.54, 1.807) is 0 Å². The van der Waals surface area contributed by atoms with Crippen LogP contribution in [0.2, 0.25) is 10.3 Å². The van der Waals surface area contributed by atoms with Crippen LogP contribution in [-0.4, -0.2) is 36.3 Å². The van der Waals surface area contributed by atoms with Gasteiger partial charge in [-0.1, -0.05) is 53.5 Å². The fourth-order valence-electron chi connectivity index (χ4n) is 2.27. The van der Waals surface area contributed by atoms with Gasteiger partial charge in [-0.15, -0.1) is 0 Å². The Balaban J connectivity index is 1.85. The van der Waals surface area contributed by atoms with Crippen molar-refractivity contribution in [3.63, 3.8) is 0 Å². The van der Waals surface area contributed by atoms with Crippen LogP contribution in [0.4, 0.5) is 5.95 Å². The molecule has 0 bridgehead atoms. The summed E-state index contributed by atoms with van der Waals surface area (Å²) in [7, 11) is 0. The number of anilines is 1. The summed E-state index contributed by atoms with van der Waals surface area (Å²) in [6.45, 7) is 2.85. The second-order valence-corrected chi connectivity index (χ2v) is 5.56. The number of morpholine rings is 1. The normalized spacial score (nSPS) is 15.2. The van der Waals surface area contributed by atoms with Gasteiger partial charge in [0.05, 0.1) is 13.2 Å². The highest BCUT2D eigenvalue weighted by atomic mass is 35.5. The van der Waals surface area contributed by atoms with Crippen molar-refractivity contribution in [3.8, 4) is 0 Å². The fraction of sp³-hybridized carbons (Fsp3) is 0.333. The largest absolute Gasteiger partial charge is 0.378 e. The van der Waals surface area contributed by atoms with Crippen molar-refractivity contribution in [1.29, 1.82) is 0 Å². The van der Waals surface area contributed by atoms with Crippen LogP contribution >= 0.6 is 23.2 Å². The van der Waals surface area contributed by atoms with Gasteiger partial charge in [0.1, 0.15) is 10.3 Å². The molecule has 110 valence electrons. The molecule has 1 aliphatic rings. The number of benzene rings is 1. The zero-order chi connectivity index (χ0) is 14.7. The molecule has 2 heterocycles. The second-order valence-electron chi connectivity index (χ2n) is 4.85. The SMILES string of the molecule is Clc1nc(N2CCOCC2)nc(Cl)c1Cc1ccccc1. The molecule has 1 aromatic heterocycles. The minimum Gasteiger partial charge on any atom is -0.378 e. The molecule has 1 aliphatic heterocycles. The van der Waals surface area contributed by atoms with Crippen LogP contribution in [0.3, 0.4) is 0 Å². The summed E-state index contributed by atoms with van der Waals surface area (Å²) in [5.74, 6) is 0.574. The van der Waals surface area contributed by atoms with E-state index in [2.05, 4.69) is 9.97 Å². The van der Waals surface area contributed by atoms with Gasteiger partial charge in [0.15, 0.2) is 0 Å². The van der Waals surface area contributed by atoms with Crippen molar-refractivity contribution in [1.82, 2.24) is 9.97 Å². The first-order valence-electron chi connectivity index (χ1n) is 6.82. The maximum atomic E-state index is 6.31. The monoisotopic (exact) mass is 323 g/mol. The van der Waals surface area contributed by atoms with Gasteiger partial charge >= 0.3 is 0 Å². The van der Waals surface area contributed by atoms with Crippen LogP contribution in [0, 0.1) is 0 Å². The first-order chi connectivity index (χ1) is 10.2. The summed E-state index contributed by atoms with van der Waals surface area (Å²) in [6.07, 6.45) is 0.627. The minimum atomic E-state index is 0.417. The second kappa shape index (κ2) is 6.60. The number of hydrogen-bond acceptors (Lipinski definition) is 4. The first kappa shape index (κ1) is 14.6. The van der Waals surface area contributed by atoms with E-state index in [0.29, 0.717) is 35.9 Å². The van der Waals surface area contributed by atoms with Crippen molar-refractivity contribution in [2.45, 2.75) is 6.42 Å². The molecular formula is C15H15Cl2N3O. The van der Waals surface area contributed by atoms with E-state index in [1.807, 2.05) is 35.2 Å². The Morgan fingerprint density at radius 3 is 2.24 bits per heavy atom. The molecule has 2 aromatic rings. The minimum absolute atomic E-state index is 0.417. The number of aromatic nitrogens is 2. The average molecular weight is 324 g/mol. The van der Waals surface area contributed by atoms with Crippen molar-refractivity contribution in [3.05, 3.63) is 51.8 Å². The van der Waals surface area contributed by atoms with E-state index in [9.17, 15) is 0 Å². The van der Waals surface area contributed by atoms with Gasteiger partial charge in [-0.05, 0) is 5.56 Å². The summed E-state index contributed by atoms with van der Waals surface area (Å²) in [6, 6.07) is 10.0. The predicted octanol–water partition coefficient (Wildman–Crippen LogP) is 3.21. The summed E-state index contributed by atoms with van der Waals surface area (Å²) in [5.41, 5.74) is 1.89. The molecule has 1 saturated heterocycles. The number of hydrogen-bond donors (Lipinski definition) is 0. The average Bonchev–Trinajstić information content (AvgIpc) is 2.52. The van der Waals surface area contributed by atoms with Crippen LogP contribution in [0.5, 0.6) is 0 Å². The Bertz CT molecular complexity index is 593. The quantitative estimate of drug-likeness (QED) is 0.813. The third-order valence-corrected chi connectivity index (χ3v) is 4.04. The van der Waals surface area contributed by atoms with Gasteiger partial charge < -0.3 is 9.64 Å². The van der Waals surface area contributed by atoms with Gasteiger partial charge in [-0.3, -0.25) is 0 Å². The molecule has 1 fully saturated rings. The molecule has 0 aliphatic carbocycles. The molecule has 0 atom stereocenters. The molecule has 1 aromatic carbocycles. The third-order valence-electron chi connectivity index (χ3n) is 3.41. The van der Waals surface area contributed by atoms with E-state index < -0.39 is 0 Å². The molecule has 0 amide bonds. The predicted molar refractivity (Wildman–Crippen MR) is 84.3 cm³/mol. The van der Waals surface area contributed by atoms with Crippen LogP contribution in [0.15, 0.2) is 30.3 Å². The lowest BCUT2D eigenvalue weighted by atomic mass is 10.1. The zero-order valence-electron chi connectivity index (χ0n) is 11.4. The van der Waals surface area contributed by atoms with Gasteiger partial charge in [0, 0.05) is 25.1 Å². The van der Waals surface area contributed by atoms with Crippen molar-refractivity contribution in [2.75, 3.05) is 31.2 Å². The molecule has 0 unspecified atom stereocenters. The van der Waals surface area contributed by atoms with Gasteiger partial charge in [-0.25, -0.2) is 9.97 Å². The molecule has 21 heavy (non-hydrogen) atoms. The lowest BCUT2D eigenvalue weighted by Crippen LogP contribution is -2.37. The molecule has 3 rings (SSSR count). The molecule has 0 saturated carbocycles. The molecular weight excluding hydrogens is 309 g/mol. The number of nitrogens with zero attached hydrogens (tertiary/aromatic N) is 3. The molecule has 0 N–H and O–H groups in total. The van der Waals surface area contributed by atoms with Gasteiger partial charge in [0.25, 0.3) is 0 Å². The van der Waals surface area contributed by atoms with E-state index in [4.69, 9.17) is 27.9 Å². The summed E-state index contributed by atoms with van der Waals surface area (Å²) < 4.78 is 5.32. The highest BCUT2D eigenvalue weighted by Gasteiger charge is 2.18. The molecule has 0 radical (unpaired) electrons. The van der Waals surface area contributed by atoms with Crippen LogP contribution < -0.4 is 4.90 Å². The van der Waals surface area contributed by atoms with E-state index in [-0.39, 0.29) is 0 Å². The van der Waals surface area contributed by atoms with Gasteiger partial charge in [-0.2, -0.15) is 0 Å². The van der Waals surface area contributed by atoms with Crippen LogP contribution in [0.1, 0.15) is 11.1 Å². The highest BCUT2D eigenvalue weighted by Crippen LogP contribution is 2.27. The number of halogens is 2. The Morgan fingerprint density at radius 2 is 1.62 bits per heavy atom. The summed E-state index contributed by atoms with van der Waals surface area (Å²) in [5, 5.41) is 0.834. The van der Waals surface area contributed by atoms with E-state index in [0.717, 1.165) is 24.2 Å². The summed E-state index contributed by atoms with van der Waals surface area (Å²) >= 11 is 12.6. The van der Waals surface area contributed by atoms with Gasteiger partial charge in [0.2, 0.25) is 5.95 Å². The molecule has 6 heteroatoms. The maximum Gasteiger partial charge on any atom is 0.228 e. The number of ether oxygens (including phenoxy) is 1. The number of rotatable bonds is 3. The zero-order valence-corrected chi connectivity index (χ0v) is 12.9. The lowest BCUT2D eigenvalue weighted by molar-refractivity contribution is 0.122. The Kier molecular flexibility index (Phi) is 4.58. The lowest BCUT2D eigenvalue weighted by Gasteiger charge is -2.27. The Labute approximate surface area is 133 Å². The Hall–Kier alpha value is -1.36. The molecule has 4 nitrogen and oxygen atoms in total. The molecule has 0 spiro atoms. The fourth-order valence-corrected chi connectivity index (χ4v) is 2.78.